The summed E-state index contributed by atoms with van der Waals surface area (Å²) in [6.45, 7) is 13.7. The number of thiophene rings is 1. The lowest BCUT2D eigenvalue weighted by Gasteiger charge is -2.47. The second kappa shape index (κ2) is 10.4. The summed E-state index contributed by atoms with van der Waals surface area (Å²) >= 11 is 1.87. The van der Waals surface area contributed by atoms with E-state index in [-0.39, 0.29) is 11.5 Å². The zero-order valence-electron chi connectivity index (χ0n) is 23.9. The summed E-state index contributed by atoms with van der Waals surface area (Å²) < 4.78 is 2.14. The molecular formula is C31H41N5O2S. The van der Waals surface area contributed by atoms with Crippen molar-refractivity contribution in [2.75, 3.05) is 19.6 Å². The Morgan fingerprint density at radius 3 is 2.49 bits per heavy atom. The van der Waals surface area contributed by atoms with Gasteiger partial charge in [-0.05, 0) is 88.5 Å². The van der Waals surface area contributed by atoms with Gasteiger partial charge in [0.05, 0.1) is 23.8 Å². The molecule has 3 aliphatic rings. The monoisotopic (exact) mass is 547 g/mol. The molecule has 0 radical (unpaired) electrons. The van der Waals surface area contributed by atoms with E-state index < -0.39 is 0 Å². The molecule has 8 heteroatoms. The Hall–Kier alpha value is -2.71. The number of carbonyl (C=O) groups is 1. The normalized spacial score (nSPS) is 23.1. The highest BCUT2D eigenvalue weighted by molar-refractivity contribution is 7.12. The number of fused-ring (bicyclic) bond motifs is 1. The summed E-state index contributed by atoms with van der Waals surface area (Å²) in [5.74, 6) is 1.23. The molecule has 1 saturated heterocycles. The van der Waals surface area contributed by atoms with Crippen molar-refractivity contribution in [2.45, 2.75) is 91.3 Å². The molecule has 1 unspecified atom stereocenters. The SMILES string of the molecule is Cc1ccn(C2CN([C@H]3CC[C@H](C(C)c4sc5c(c4C)C(=O)N(Cc4c(C)cc(C)[nH]c4=O)CC5)CC3)C2)n1. The van der Waals surface area contributed by atoms with Crippen molar-refractivity contribution in [1.82, 2.24) is 24.6 Å². The van der Waals surface area contributed by atoms with Crippen LogP contribution in [0.3, 0.4) is 0 Å². The lowest BCUT2D eigenvalue weighted by molar-refractivity contribution is 0.0269. The summed E-state index contributed by atoms with van der Waals surface area (Å²) in [6.07, 6.45) is 8.03. The number of likely N-dealkylation sites (tertiary alicyclic amines) is 1. The van der Waals surface area contributed by atoms with E-state index >= 15 is 0 Å². The molecule has 5 heterocycles. The predicted octanol–water partition coefficient (Wildman–Crippen LogP) is 5.28. The van der Waals surface area contributed by atoms with Crippen LogP contribution in [0.5, 0.6) is 0 Å². The molecule has 6 rings (SSSR count). The second-order valence-electron chi connectivity index (χ2n) is 12.2. The van der Waals surface area contributed by atoms with Gasteiger partial charge in [0.1, 0.15) is 0 Å². The number of rotatable bonds is 6. The quantitative estimate of drug-likeness (QED) is 0.456. The molecule has 7 nitrogen and oxygen atoms in total. The van der Waals surface area contributed by atoms with E-state index in [1.807, 2.05) is 36.2 Å². The number of nitrogens with one attached hydrogen (secondary N) is 1. The average molecular weight is 548 g/mol. The zero-order chi connectivity index (χ0) is 27.4. The Morgan fingerprint density at radius 2 is 1.82 bits per heavy atom. The van der Waals surface area contributed by atoms with Crippen molar-refractivity contribution in [2.24, 2.45) is 5.92 Å². The minimum absolute atomic E-state index is 0.0803. The zero-order valence-corrected chi connectivity index (χ0v) is 24.7. The third-order valence-corrected chi connectivity index (χ3v) is 11.1. The van der Waals surface area contributed by atoms with Gasteiger partial charge in [0.15, 0.2) is 0 Å². The maximum absolute atomic E-state index is 13.6. The fourth-order valence-corrected chi connectivity index (χ4v) is 8.60. The molecule has 2 fully saturated rings. The number of hydrogen-bond acceptors (Lipinski definition) is 5. The molecule has 1 saturated carbocycles. The Morgan fingerprint density at radius 1 is 1.08 bits per heavy atom. The maximum atomic E-state index is 13.6. The van der Waals surface area contributed by atoms with Gasteiger partial charge in [-0.3, -0.25) is 19.2 Å². The number of amides is 1. The van der Waals surface area contributed by atoms with Gasteiger partial charge in [-0.15, -0.1) is 11.3 Å². The number of pyridine rings is 1. The number of aromatic nitrogens is 3. The molecule has 0 spiro atoms. The van der Waals surface area contributed by atoms with Gasteiger partial charge in [-0.25, -0.2) is 0 Å². The molecule has 0 bridgehead atoms. The molecule has 3 aromatic rings. The van der Waals surface area contributed by atoms with E-state index in [4.69, 9.17) is 0 Å². The van der Waals surface area contributed by atoms with Crippen molar-refractivity contribution in [3.63, 3.8) is 0 Å². The highest BCUT2D eigenvalue weighted by atomic mass is 32.1. The van der Waals surface area contributed by atoms with Crippen LogP contribution in [0, 0.1) is 33.6 Å². The molecule has 1 atom stereocenters. The van der Waals surface area contributed by atoms with Crippen LogP contribution in [0.4, 0.5) is 0 Å². The predicted molar refractivity (Wildman–Crippen MR) is 156 cm³/mol. The fraction of sp³-hybridized carbons (Fsp3) is 0.581. The van der Waals surface area contributed by atoms with Crippen LogP contribution in [0.1, 0.15) is 92.8 Å². The van der Waals surface area contributed by atoms with E-state index in [0.29, 0.717) is 42.6 Å². The van der Waals surface area contributed by atoms with Gasteiger partial charge in [-0.1, -0.05) is 6.92 Å². The van der Waals surface area contributed by atoms with Crippen LogP contribution in [0.25, 0.3) is 0 Å². The molecule has 3 aromatic heterocycles. The lowest BCUT2D eigenvalue weighted by atomic mass is 9.76. The molecule has 2 aliphatic heterocycles. The Kier molecular flexibility index (Phi) is 7.04. The van der Waals surface area contributed by atoms with Crippen molar-refractivity contribution >= 4 is 17.2 Å². The number of H-pyrrole nitrogens is 1. The maximum Gasteiger partial charge on any atom is 0.255 e. The highest BCUT2D eigenvalue weighted by Crippen LogP contribution is 2.44. The molecule has 1 N–H and O–H groups in total. The van der Waals surface area contributed by atoms with Gasteiger partial charge in [0, 0.05) is 59.3 Å². The van der Waals surface area contributed by atoms with Crippen LogP contribution >= 0.6 is 11.3 Å². The van der Waals surface area contributed by atoms with Crippen LogP contribution in [-0.2, 0) is 13.0 Å². The average Bonchev–Trinajstić information content (AvgIpc) is 3.45. The number of aryl methyl sites for hydroxylation is 3. The van der Waals surface area contributed by atoms with Crippen LogP contribution in [0.2, 0.25) is 0 Å². The van der Waals surface area contributed by atoms with Gasteiger partial charge < -0.3 is 9.88 Å². The minimum Gasteiger partial charge on any atom is -0.334 e. The first-order valence-corrected chi connectivity index (χ1v) is 15.4. The van der Waals surface area contributed by atoms with Gasteiger partial charge in [0.2, 0.25) is 0 Å². The summed E-state index contributed by atoms with van der Waals surface area (Å²) in [6, 6.07) is 5.31. The Bertz CT molecular complexity index is 1440. The van der Waals surface area contributed by atoms with E-state index in [1.165, 1.54) is 41.0 Å². The highest BCUT2D eigenvalue weighted by Gasteiger charge is 2.38. The van der Waals surface area contributed by atoms with E-state index in [1.54, 1.807) is 0 Å². The standard InChI is InChI=1S/C31H41N5O2S/c1-18-14-20(3)32-30(37)26(18)17-34-12-11-27-28(31(34)38)22(5)29(39-27)21(4)23-6-8-24(9-7-23)35-15-25(16-35)36-13-10-19(2)33-36/h10,13-14,21,23-25H,6-9,11-12,15-17H2,1-5H3,(H,32,37)/t21?,23-,24-. The van der Waals surface area contributed by atoms with Gasteiger partial charge in [-0.2, -0.15) is 5.10 Å². The summed E-state index contributed by atoms with van der Waals surface area (Å²) in [5, 5.41) is 4.61. The Labute approximate surface area is 235 Å². The number of hydrogen-bond donors (Lipinski definition) is 1. The molecule has 1 amide bonds. The van der Waals surface area contributed by atoms with Crippen molar-refractivity contribution < 1.29 is 4.79 Å². The van der Waals surface area contributed by atoms with E-state index in [9.17, 15) is 9.59 Å². The fourth-order valence-electron chi connectivity index (χ4n) is 7.17. The largest absolute Gasteiger partial charge is 0.334 e. The van der Waals surface area contributed by atoms with E-state index in [0.717, 1.165) is 42.0 Å². The summed E-state index contributed by atoms with van der Waals surface area (Å²) in [5.41, 5.74) is 5.60. The number of carbonyl (C=O) groups excluding carboxylic acids is 1. The van der Waals surface area contributed by atoms with Crippen LogP contribution in [-0.4, -0.2) is 56.1 Å². The van der Waals surface area contributed by atoms with Gasteiger partial charge >= 0.3 is 0 Å². The minimum atomic E-state index is -0.0803. The third-order valence-electron chi connectivity index (χ3n) is 9.59. The van der Waals surface area contributed by atoms with Crippen LogP contribution in [0.15, 0.2) is 23.1 Å². The molecule has 39 heavy (non-hydrogen) atoms. The molecule has 0 aromatic carbocycles. The molecular weight excluding hydrogens is 506 g/mol. The lowest BCUT2D eigenvalue weighted by Crippen LogP contribution is -2.53. The first kappa shape index (κ1) is 26.5. The van der Waals surface area contributed by atoms with E-state index in [2.05, 4.69) is 52.7 Å². The number of aromatic amines is 1. The first-order chi connectivity index (χ1) is 18.7. The van der Waals surface area contributed by atoms with Gasteiger partial charge in [0.25, 0.3) is 11.5 Å². The topological polar surface area (TPSA) is 74.2 Å². The summed E-state index contributed by atoms with van der Waals surface area (Å²) in [7, 11) is 0. The molecule has 208 valence electrons. The van der Waals surface area contributed by atoms with Crippen LogP contribution < -0.4 is 5.56 Å². The third kappa shape index (κ3) is 4.91. The number of nitrogens with zero attached hydrogens (tertiary/aromatic N) is 4. The Balaban J connectivity index is 1.09. The second-order valence-corrected chi connectivity index (χ2v) is 13.3. The van der Waals surface area contributed by atoms with Crippen molar-refractivity contribution in [3.05, 3.63) is 72.1 Å². The van der Waals surface area contributed by atoms with Crippen molar-refractivity contribution in [3.8, 4) is 0 Å². The smallest absolute Gasteiger partial charge is 0.255 e. The summed E-state index contributed by atoms with van der Waals surface area (Å²) in [4.78, 5) is 36.3. The van der Waals surface area contributed by atoms with Crippen molar-refractivity contribution in [1.29, 1.82) is 0 Å². The molecule has 1 aliphatic carbocycles. The first-order valence-electron chi connectivity index (χ1n) is 14.6.